The molecule has 1 amide bonds. The number of benzene rings is 2. The molecule has 0 bridgehead atoms. The first-order valence-electron chi connectivity index (χ1n) is 9.08. The number of carbonyl (C=O) groups excluding carboxylic acids is 1. The molecule has 0 radical (unpaired) electrons. The zero-order chi connectivity index (χ0) is 23.0. The van der Waals surface area contributed by atoms with Gasteiger partial charge in [0.25, 0.3) is 17.3 Å². The number of nitrogens with zero attached hydrogens (tertiary/aromatic N) is 4. The quantitative estimate of drug-likeness (QED) is 0.266. The van der Waals surface area contributed by atoms with Gasteiger partial charge in [-0.2, -0.15) is 0 Å². The van der Waals surface area contributed by atoms with E-state index in [1.807, 2.05) is 6.92 Å². The predicted molar refractivity (Wildman–Crippen MR) is 118 cm³/mol. The Labute approximate surface area is 189 Å². The molecule has 0 unspecified atom stereocenters. The molecule has 2 heterocycles. The summed E-state index contributed by atoms with van der Waals surface area (Å²) in [6.07, 6.45) is 1.44. The summed E-state index contributed by atoms with van der Waals surface area (Å²) < 4.78 is 6.03. The summed E-state index contributed by atoms with van der Waals surface area (Å²) in [7, 11) is 0. The Kier molecular flexibility index (Phi) is 5.59. The molecule has 0 aliphatic carbocycles. The minimum Gasteiger partial charge on any atom is -0.467 e. The lowest BCUT2D eigenvalue weighted by Crippen LogP contribution is -2.30. The number of amides is 1. The highest BCUT2D eigenvalue weighted by atomic mass is 35.5. The largest absolute Gasteiger partial charge is 0.467 e. The zero-order valence-corrected chi connectivity index (χ0v) is 17.9. The van der Waals surface area contributed by atoms with Gasteiger partial charge in [-0.25, -0.2) is 4.98 Å². The van der Waals surface area contributed by atoms with Crippen molar-refractivity contribution in [3.8, 4) is 0 Å². The van der Waals surface area contributed by atoms with Crippen LogP contribution >= 0.6 is 22.9 Å². The van der Waals surface area contributed by atoms with Crippen LogP contribution in [0.3, 0.4) is 0 Å². The number of aryl methyl sites for hydroxylation is 1. The van der Waals surface area contributed by atoms with Crippen molar-refractivity contribution in [3.05, 3.63) is 90.9 Å². The average molecular weight is 473 g/mol. The Balaban J connectivity index is 1.85. The summed E-state index contributed by atoms with van der Waals surface area (Å²) in [4.78, 5) is 40.2. The first kappa shape index (κ1) is 21.4. The Bertz CT molecular complexity index is 1300. The Morgan fingerprint density at radius 1 is 1.16 bits per heavy atom. The van der Waals surface area contributed by atoms with Crippen molar-refractivity contribution in [3.63, 3.8) is 0 Å². The molecular formula is C20H13ClN4O6S. The van der Waals surface area contributed by atoms with E-state index in [2.05, 4.69) is 4.98 Å². The standard InChI is InChI=1S/C20H13ClN4O6S/c1-11-4-5-16(21)18-17(11)22-20(32-18)23(10-15-3-2-6-31-15)19(26)12-7-13(24(27)28)9-14(8-12)25(29)30/h2-9H,10H2,1H3. The van der Waals surface area contributed by atoms with Gasteiger partial charge in [0.05, 0.1) is 49.5 Å². The summed E-state index contributed by atoms with van der Waals surface area (Å²) in [6.45, 7) is 1.81. The number of non-ortho nitro benzene ring substituents is 2. The Morgan fingerprint density at radius 2 is 1.84 bits per heavy atom. The monoisotopic (exact) mass is 472 g/mol. The average Bonchev–Trinajstić information content (AvgIpc) is 3.44. The topological polar surface area (TPSA) is 133 Å². The van der Waals surface area contributed by atoms with Gasteiger partial charge in [-0.15, -0.1) is 0 Å². The molecular weight excluding hydrogens is 460 g/mol. The summed E-state index contributed by atoms with van der Waals surface area (Å²) >= 11 is 7.46. The molecule has 0 saturated heterocycles. The molecule has 0 spiro atoms. The van der Waals surface area contributed by atoms with Crippen LogP contribution in [0.25, 0.3) is 10.2 Å². The minimum atomic E-state index is -0.790. The van der Waals surface area contributed by atoms with Crippen LogP contribution in [0.1, 0.15) is 21.7 Å². The first-order valence-corrected chi connectivity index (χ1v) is 10.3. The zero-order valence-electron chi connectivity index (χ0n) is 16.4. The van der Waals surface area contributed by atoms with E-state index in [0.717, 1.165) is 35.1 Å². The maximum absolute atomic E-state index is 13.4. The molecule has 12 heteroatoms. The maximum atomic E-state index is 13.4. The molecule has 0 aliphatic rings. The van der Waals surface area contributed by atoms with E-state index in [1.165, 1.54) is 11.2 Å². The van der Waals surface area contributed by atoms with Crippen LogP contribution in [-0.2, 0) is 6.54 Å². The van der Waals surface area contributed by atoms with Crippen molar-refractivity contribution in [2.45, 2.75) is 13.5 Å². The summed E-state index contributed by atoms with van der Waals surface area (Å²) in [6, 6.07) is 9.62. The van der Waals surface area contributed by atoms with E-state index in [9.17, 15) is 25.0 Å². The molecule has 0 atom stereocenters. The van der Waals surface area contributed by atoms with Gasteiger partial charge in [-0.05, 0) is 30.7 Å². The summed E-state index contributed by atoms with van der Waals surface area (Å²) in [5.74, 6) is -0.276. The lowest BCUT2D eigenvalue weighted by molar-refractivity contribution is -0.394. The second-order valence-electron chi connectivity index (χ2n) is 6.76. The third kappa shape index (κ3) is 4.03. The molecule has 4 aromatic rings. The highest BCUT2D eigenvalue weighted by Gasteiger charge is 2.27. The van der Waals surface area contributed by atoms with Crippen LogP contribution in [-0.4, -0.2) is 20.7 Å². The molecule has 162 valence electrons. The van der Waals surface area contributed by atoms with E-state index >= 15 is 0 Å². The normalized spacial score (nSPS) is 10.9. The van der Waals surface area contributed by atoms with Crippen molar-refractivity contribution >= 4 is 55.6 Å². The van der Waals surface area contributed by atoms with Gasteiger partial charge in [0, 0.05) is 12.1 Å². The van der Waals surface area contributed by atoms with Gasteiger partial charge in [0.2, 0.25) is 0 Å². The lowest BCUT2D eigenvalue weighted by atomic mass is 10.1. The van der Waals surface area contributed by atoms with Gasteiger partial charge in [-0.3, -0.25) is 29.9 Å². The van der Waals surface area contributed by atoms with Gasteiger partial charge in [0.15, 0.2) is 5.13 Å². The van der Waals surface area contributed by atoms with Crippen molar-refractivity contribution in [2.75, 3.05) is 4.90 Å². The fraction of sp³-hybridized carbons (Fsp3) is 0.100. The number of aromatic nitrogens is 1. The number of furan rings is 1. The van der Waals surface area contributed by atoms with E-state index in [0.29, 0.717) is 21.0 Å². The molecule has 4 rings (SSSR count). The van der Waals surface area contributed by atoms with Crippen LogP contribution in [0, 0.1) is 27.2 Å². The van der Waals surface area contributed by atoms with E-state index in [4.69, 9.17) is 16.0 Å². The predicted octanol–water partition coefficient (Wildman–Crippen LogP) is 5.51. The number of anilines is 1. The van der Waals surface area contributed by atoms with Gasteiger partial charge in [0.1, 0.15) is 5.76 Å². The molecule has 2 aromatic carbocycles. The first-order chi connectivity index (χ1) is 15.2. The Morgan fingerprint density at radius 3 is 2.41 bits per heavy atom. The third-order valence-electron chi connectivity index (χ3n) is 4.63. The SMILES string of the molecule is Cc1ccc(Cl)c2sc(N(Cc3ccco3)C(=O)c3cc([N+](=O)[O-])cc([N+](=O)[O-])c3)nc12. The van der Waals surface area contributed by atoms with E-state index in [-0.39, 0.29) is 17.2 Å². The van der Waals surface area contributed by atoms with Gasteiger partial charge >= 0.3 is 0 Å². The molecule has 2 aromatic heterocycles. The number of hydrogen-bond donors (Lipinski definition) is 0. The number of hydrogen-bond acceptors (Lipinski definition) is 8. The molecule has 0 aliphatic heterocycles. The van der Waals surface area contributed by atoms with Crippen LogP contribution in [0.2, 0.25) is 5.02 Å². The second-order valence-corrected chi connectivity index (χ2v) is 8.15. The number of nitro benzene ring substituents is 2. The second kappa shape index (κ2) is 8.36. The molecule has 0 fully saturated rings. The lowest BCUT2D eigenvalue weighted by Gasteiger charge is -2.18. The smallest absolute Gasteiger partial charge is 0.277 e. The number of nitro groups is 2. The molecule has 0 saturated carbocycles. The third-order valence-corrected chi connectivity index (χ3v) is 6.17. The van der Waals surface area contributed by atoms with Crippen LogP contribution in [0.5, 0.6) is 0 Å². The van der Waals surface area contributed by atoms with Crippen molar-refractivity contribution in [1.82, 2.24) is 4.98 Å². The van der Waals surface area contributed by atoms with E-state index in [1.54, 1.807) is 24.3 Å². The van der Waals surface area contributed by atoms with Crippen molar-refractivity contribution < 1.29 is 19.1 Å². The van der Waals surface area contributed by atoms with Crippen LogP contribution in [0.15, 0.2) is 53.1 Å². The van der Waals surface area contributed by atoms with Crippen LogP contribution in [0.4, 0.5) is 16.5 Å². The van der Waals surface area contributed by atoms with Gasteiger partial charge in [-0.1, -0.05) is 29.0 Å². The summed E-state index contributed by atoms with van der Waals surface area (Å²) in [5.41, 5.74) is 0.106. The highest BCUT2D eigenvalue weighted by Crippen LogP contribution is 2.37. The number of halogens is 1. The van der Waals surface area contributed by atoms with Crippen molar-refractivity contribution in [2.24, 2.45) is 0 Å². The van der Waals surface area contributed by atoms with Crippen LogP contribution < -0.4 is 4.90 Å². The molecule has 0 N–H and O–H groups in total. The molecule has 10 nitrogen and oxygen atoms in total. The minimum absolute atomic E-state index is 0.0428. The highest BCUT2D eigenvalue weighted by molar-refractivity contribution is 7.23. The van der Waals surface area contributed by atoms with Gasteiger partial charge < -0.3 is 4.42 Å². The van der Waals surface area contributed by atoms with E-state index < -0.39 is 27.1 Å². The Hall–Kier alpha value is -3.83. The number of fused-ring (bicyclic) bond motifs is 1. The fourth-order valence-electron chi connectivity index (χ4n) is 3.08. The number of rotatable bonds is 6. The maximum Gasteiger partial charge on any atom is 0.277 e. The van der Waals surface area contributed by atoms with Crippen molar-refractivity contribution in [1.29, 1.82) is 0 Å². The summed E-state index contributed by atoms with van der Waals surface area (Å²) in [5, 5.41) is 23.2. The number of carbonyl (C=O) groups is 1. The fourth-order valence-corrected chi connectivity index (χ4v) is 4.39. The number of thiazole rings is 1. The molecule has 32 heavy (non-hydrogen) atoms.